The van der Waals surface area contributed by atoms with Crippen LogP contribution in [0.4, 0.5) is 4.79 Å². The Kier molecular flexibility index (Phi) is 9.65. The topological polar surface area (TPSA) is 110 Å². The van der Waals surface area contributed by atoms with Crippen LogP contribution in [0.3, 0.4) is 0 Å². The zero-order chi connectivity index (χ0) is 25.6. The number of epoxide rings is 1. The van der Waals surface area contributed by atoms with Gasteiger partial charge in [0.15, 0.2) is 7.98 Å². The molecule has 0 aromatic carbocycles. The Labute approximate surface area is 210 Å². The molecule has 0 bridgehead atoms. The summed E-state index contributed by atoms with van der Waals surface area (Å²) in [5, 5.41) is 8.93. The van der Waals surface area contributed by atoms with Gasteiger partial charge in [-0.1, -0.05) is 11.6 Å². The predicted octanol–water partition coefficient (Wildman–Crippen LogP) is 1.60. The van der Waals surface area contributed by atoms with Crippen LogP contribution in [0.1, 0.15) is 66.2 Å². The lowest BCUT2D eigenvalue weighted by molar-refractivity contribution is -0.172. The van der Waals surface area contributed by atoms with Gasteiger partial charge in [-0.15, -0.1) is 0 Å². The number of hydrogen-bond acceptors (Lipinski definition) is 7. The molecule has 3 unspecified atom stereocenters. The quantitative estimate of drug-likeness (QED) is 0.241. The van der Waals surface area contributed by atoms with Crippen molar-refractivity contribution in [3.63, 3.8) is 0 Å². The van der Waals surface area contributed by atoms with E-state index in [-0.39, 0.29) is 41.7 Å². The Bertz CT molecular complexity index is 760. The number of alkyl carbamates (subject to hydrolysis) is 1. The molecule has 1 saturated heterocycles. The fourth-order valence-electron chi connectivity index (χ4n) is 5.75. The molecule has 3 rings (SSSR count). The number of amides is 2. The Morgan fingerprint density at radius 1 is 1.11 bits per heavy atom. The standard InChI is InChI=1S/C25H44BN3O6/c1-16(2)11-13-33-24(3,4)22-21(32-5)19(10-12-25(22)15-34-25)35-23(31)29-18-8-6-17(7-9-18)28-20(30)14-27-26/h11,17-19,21-22,27H,6-10,12-15,26H2,1-5H3,(H,28,30)(H,29,31)/t17-,18-,19?,21?,22?,25-/m0/s1. The van der Waals surface area contributed by atoms with Crippen LogP contribution < -0.4 is 15.9 Å². The predicted molar refractivity (Wildman–Crippen MR) is 136 cm³/mol. The van der Waals surface area contributed by atoms with E-state index in [4.69, 9.17) is 18.9 Å². The van der Waals surface area contributed by atoms with Gasteiger partial charge in [-0.2, -0.15) is 0 Å². The number of methoxy groups -OCH3 is 1. The Morgan fingerprint density at radius 2 is 1.74 bits per heavy atom. The van der Waals surface area contributed by atoms with Crippen LogP contribution in [0.25, 0.3) is 0 Å². The zero-order valence-corrected chi connectivity index (χ0v) is 22.3. The first-order valence-corrected chi connectivity index (χ1v) is 13.0. The lowest BCUT2D eigenvalue weighted by Crippen LogP contribution is -2.59. The molecule has 0 aromatic heterocycles. The minimum atomic E-state index is -0.516. The highest BCUT2D eigenvalue weighted by molar-refractivity contribution is 6.06. The Balaban J connectivity index is 1.54. The van der Waals surface area contributed by atoms with Crippen molar-refractivity contribution in [3.05, 3.63) is 11.6 Å². The molecule has 1 spiro atoms. The second-order valence-electron chi connectivity index (χ2n) is 11.0. The summed E-state index contributed by atoms with van der Waals surface area (Å²) < 4.78 is 24.1. The summed E-state index contributed by atoms with van der Waals surface area (Å²) in [7, 11) is 3.42. The maximum atomic E-state index is 12.8. The van der Waals surface area contributed by atoms with Crippen LogP contribution in [0.5, 0.6) is 0 Å². The third-order valence-corrected chi connectivity index (χ3v) is 7.61. The molecular weight excluding hydrogens is 449 g/mol. The fraction of sp³-hybridized carbons (Fsp3) is 0.840. The van der Waals surface area contributed by atoms with E-state index in [1.807, 2.05) is 0 Å². The number of hydrogen-bond donors (Lipinski definition) is 3. The normalized spacial score (nSPS) is 32.5. The van der Waals surface area contributed by atoms with Gasteiger partial charge in [-0.25, -0.2) is 4.79 Å². The van der Waals surface area contributed by atoms with E-state index < -0.39 is 11.7 Å². The van der Waals surface area contributed by atoms with E-state index in [0.29, 0.717) is 26.2 Å². The highest BCUT2D eigenvalue weighted by atomic mass is 16.6. The molecule has 2 amide bonds. The summed E-state index contributed by atoms with van der Waals surface area (Å²) in [4.78, 5) is 24.6. The van der Waals surface area contributed by atoms with Crippen molar-refractivity contribution < 1.29 is 28.5 Å². The molecule has 0 aromatic rings. The van der Waals surface area contributed by atoms with Crippen LogP contribution in [-0.4, -0.2) is 82.3 Å². The van der Waals surface area contributed by atoms with E-state index in [0.717, 1.165) is 32.1 Å². The Morgan fingerprint density at radius 3 is 2.29 bits per heavy atom. The molecule has 2 aliphatic carbocycles. The van der Waals surface area contributed by atoms with Crippen molar-refractivity contribution in [2.45, 2.75) is 102 Å². The molecular formula is C25H44BN3O6. The monoisotopic (exact) mass is 493 g/mol. The largest absolute Gasteiger partial charge is 0.443 e. The number of carbonyl (C=O) groups excluding carboxylic acids is 2. The lowest BCUT2D eigenvalue weighted by Gasteiger charge is -2.47. The van der Waals surface area contributed by atoms with Gasteiger partial charge in [-0.3, -0.25) is 4.79 Å². The molecule has 0 radical (unpaired) electrons. The summed E-state index contributed by atoms with van der Waals surface area (Å²) in [5.74, 6) is -0.0558. The van der Waals surface area contributed by atoms with Crippen molar-refractivity contribution in [2.24, 2.45) is 5.92 Å². The van der Waals surface area contributed by atoms with Gasteiger partial charge >= 0.3 is 6.09 Å². The van der Waals surface area contributed by atoms with Crippen molar-refractivity contribution in [1.29, 1.82) is 0 Å². The second kappa shape index (κ2) is 12.1. The van der Waals surface area contributed by atoms with E-state index in [9.17, 15) is 9.59 Å². The molecule has 3 fully saturated rings. The van der Waals surface area contributed by atoms with E-state index in [1.165, 1.54) is 5.57 Å². The van der Waals surface area contributed by atoms with Gasteiger partial charge in [0.2, 0.25) is 5.91 Å². The van der Waals surface area contributed by atoms with E-state index >= 15 is 0 Å². The first-order valence-electron chi connectivity index (χ1n) is 13.0. The van der Waals surface area contributed by atoms with E-state index in [2.05, 4.69) is 49.6 Å². The molecule has 35 heavy (non-hydrogen) atoms. The number of rotatable bonds is 10. The van der Waals surface area contributed by atoms with Crippen LogP contribution in [0.15, 0.2) is 11.6 Å². The highest BCUT2D eigenvalue weighted by Gasteiger charge is 2.64. The van der Waals surface area contributed by atoms with Crippen LogP contribution >= 0.6 is 0 Å². The molecule has 1 aliphatic heterocycles. The van der Waals surface area contributed by atoms with Gasteiger partial charge in [0.05, 0.1) is 31.0 Å². The third kappa shape index (κ3) is 7.44. The van der Waals surface area contributed by atoms with Crippen molar-refractivity contribution in [2.75, 3.05) is 26.9 Å². The maximum Gasteiger partial charge on any atom is 0.407 e. The van der Waals surface area contributed by atoms with Gasteiger partial charge in [0.25, 0.3) is 0 Å². The van der Waals surface area contributed by atoms with Gasteiger partial charge in [0.1, 0.15) is 12.2 Å². The minimum Gasteiger partial charge on any atom is -0.443 e. The molecule has 9 nitrogen and oxygen atoms in total. The van der Waals surface area contributed by atoms with Crippen LogP contribution in [0, 0.1) is 5.92 Å². The van der Waals surface area contributed by atoms with Gasteiger partial charge in [-0.05, 0) is 66.2 Å². The average molecular weight is 493 g/mol. The zero-order valence-electron chi connectivity index (χ0n) is 22.3. The molecule has 1 heterocycles. The fourth-order valence-corrected chi connectivity index (χ4v) is 5.75. The molecule has 3 N–H and O–H groups in total. The maximum absolute atomic E-state index is 12.8. The summed E-state index contributed by atoms with van der Waals surface area (Å²) in [6.07, 6.45) is 5.75. The van der Waals surface area contributed by atoms with Crippen LogP contribution in [0.2, 0.25) is 0 Å². The number of allylic oxidation sites excluding steroid dienone is 1. The van der Waals surface area contributed by atoms with Crippen molar-refractivity contribution in [3.8, 4) is 0 Å². The van der Waals surface area contributed by atoms with Crippen molar-refractivity contribution >= 4 is 20.0 Å². The van der Waals surface area contributed by atoms with Crippen molar-refractivity contribution in [1.82, 2.24) is 15.9 Å². The average Bonchev–Trinajstić information content (AvgIpc) is 3.55. The molecule has 2 saturated carbocycles. The first-order chi connectivity index (χ1) is 16.6. The summed E-state index contributed by atoms with van der Waals surface area (Å²) in [5.41, 5.74) is 0.414. The molecule has 4 atom stereocenters. The summed E-state index contributed by atoms with van der Waals surface area (Å²) >= 11 is 0. The minimum absolute atomic E-state index is 0.00551. The van der Waals surface area contributed by atoms with E-state index in [1.54, 1.807) is 15.1 Å². The van der Waals surface area contributed by atoms with Gasteiger partial charge in [0, 0.05) is 25.1 Å². The number of carbonyl (C=O) groups is 2. The summed E-state index contributed by atoms with van der Waals surface area (Å²) in [6.45, 7) is 9.76. The second-order valence-corrected chi connectivity index (χ2v) is 11.0. The highest BCUT2D eigenvalue weighted by Crippen LogP contribution is 2.52. The Hall–Kier alpha value is -1.62. The molecule has 10 heteroatoms. The molecule has 3 aliphatic rings. The SMILES string of the molecule is BNCC(=O)N[C@H]1CC[C@H](NC(=O)OC2CC[C@]3(CO3)C(C(C)(C)OCC=C(C)C)C2OC)CC1. The first kappa shape index (κ1) is 28.0. The number of nitrogens with one attached hydrogen (secondary N) is 3. The smallest absolute Gasteiger partial charge is 0.407 e. The summed E-state index contributed by atoms with van der Waals surface area (Å²) in [6, 6.07) is 0.201. The third-order valence-electron chi connectivity index (χ3n) is 7.61. The van der Waals surface area contributed by atoms with Gasteiger partial charge < -0.3 is 34.8 Å². The van der Waals surface area contributed by atoms with Crippen LogP contribution in [-0.2, 0) is 23.7 Å². The number of ether oxygens (including phenoxy) is 4. The lowest BCUT2D eigenvalue weighted by atomic mass is 9.68. The molecule has 198 valence electrons.